The van der Waals surface area contributed by atoms with Gasteiger partial charge in [0.25, 0.3) is 0 Å². The smallest absolute Gasteiger partial charge is 0.208 e. The fraction of sp³-hybridized carbons (Fsp3) is 0.500. The minimum absolute atomic E-state index is 0. The zero-order valence-electron chi connectivity index (χ0n) is 14.3. The van der Waals surface area contributed by atoms with Crippen LogP contribution in [-0.4, -0.2) is 53.4 Å². The van der Waals surface area contributed by atoms with Crippen LogP contribution in [0.25, 0.3) is 0 Å². The van der Waals surface area contributed by atoms with Gasteiger partial charge in [0.05, 0.1) is 29.4 Å². The van der Waals surface area contributed by atoms with E-state index in [9.17, 15) is 8.42 Å². The second-order valence-corrected chi connectivity index (χ2v) is 7.98. The maximum absolute atomic E-state index is 11.0. The average molecular weight is 560 g/mol. The second-order valence-electron chi connectivity index (χ2n) is 4.90. The van der Waals surface area contributed by atoms with Crippen molar-refractivity contribution in [2.75, 3.05) is 39.0 Å². The predicted molar refractivity (Wildman–Crippen MR) is 119 cm³/mol. The summed E-state index contributed by atoms with van der Waals surface area (Å²) in [5.41, 5.74) is 0. The second kappa shape index (κ2) is 13.1. The molecule has 26 heavy (non-hydrogen) atoms. The molecular weight excluding hydrogens is 538 g/mol. The monoisotopic (exact) mass is 558 g/mol. The molecule has 0 aromatic heterocycles. The number of guanidine groups is 1. The molecule has 3 N–H and O–H groups in total. The molecule has 150 valence electrons. The van der Waals surface area contributed by atoms with Crippen LogP contribution in [0.3, 0.4) is 0 Å². The molecule has 0 amide bonds. The highest BCUT2D eigenvalue weighted by Crippen LogP contribution is 2.35. The molecule has 1 rings (SSSR count). The maximum Gasteiger partial charge on any atom is 0.208 e. The predicted octanol–water partition coefficient (Wildman–Crippen LogP) is 2.75. The molecule has 1 aromatic carbocycles. The van der Waals surface area contributed by atoms with Crippen molar-refractivity contribution in [1.29, 1.82) is 0 Å². The molecule has 12 heteroatoms. The lowest BCUT2D eigenvalue weighted by atomic mass is 10.3. The first-order valence-corrected chi connectivity index (χ1v) is 10.5. The van der Waals surface area contributed by atoms with Crippen LogP contribution >= 0.6 is 58.8 Å². The molecular formula is C14H22Cl3IN4O3S. The molecule has 0 aliphatic rings. The van der Waals surface area contributed by atoms with Gasteiger partial charge in [-0.25, -0.2) is 13.1 Å². The number of sulfonamides is 1. The fourth-order valence-electron chi connectivity index (χ4n) is 1.73. The Balaban J connectivity index is 0.00000625. The highest BCUT2D eigenvalue weighted by atomic mass is 127. The third kappa shape index (κ3) is 10.8. The van der Waals surface area contributed by atoms with Gasteiger partial charge in [-0.05, 0) is 19.1 Å². The molecule has 0 heterocycles. The zero-order valence-corrected chi connectivity index (χ0v) is 19.7. The van der Waals surface area contributed by atoms with Gasteiger partial charge in [-0.2, -0.15) is 0 Å². The minimum atomic E-state index is -3.21. The number of ether oxygens (including phenoxy) is 1. The average Bonchev–Trinajstić information content (AvgIpc) is 2.48. The van der Waals surface area contributed by atoms with E-state index in [2.05, 4.69) is 20.3 Å². The quantitative estimate of drug-likeness (QED) is 0.187. The van der Waals surface area contributed by atoms with E-state index in [1.165, 1.54) is 0 Å². The molecule has 0 saturated carbocycles. The summed E-state index contributed by atoms with van der Waals surface area (Å²) in [5, 5.41) is 7.22. The Morgan fingerprint density at radius 1 is 1.15 bits per heavy atom. The van der Waals surface area contributed by atoms with Crippen molar-refractivity contribution in [3.05, 3.63) is 27.2 Å². The number of hydrogen-bond acceptors (Lipinski definition) is 4. The molecule has 0 unspecified atom stereocenters. The summed E-state index contributed by atoms with van der Waals surface area (Å²) in [5.74, 6) is 0.920. The SMILES string of the molecule is CCNC(=NCCNS(C)(=O)=O)NCCOc1c(Cl)cc(Cl)cc1Cl.I. The van der Waals surface area contributed by atoms with Crippen molar-refractivity contribution in [1.82, 2.24) is 15.4 Å². The molecule has 0 aliphatic carbocycles. The largest absolute Gasteiger partial charge is 0.489 e. The van der Waals surface area contributed by atoms with Crippen LogP contribution in [0.2, 0.25) is 15.1 Å². The highest BCUT2D eigenvalue weighted by Gasteiger charge is 2.09. The maximum atomic E-state index is 11.0. The topological polar surface area (TPSA) is 91.8 Å². The van der Waals surface area contributed by atoms with Gasteiger partial charge in [0, 0.05) is 18.1 Å². The summed E-state index contributed by atoms with van der Waals surface area (Å²) >= 11 is 17.9. The van der Waals surface area contributed by atoms with E-state index in [1.807, 2.05) is 6.92 Å². The van der Waals surface area contributed by atoms with Crippen molar-refractivity contribution < 1.29 is 13.2 Å². The fourth-order valence-corrected chi connectivity index (χ4v) is 3.12. The standard InChI is InChI=1S/C14H21Cl3N4O3S.HI/c1-3-18-14(19-4-5-21-25(2,22)23)20-6-7-24-13-11(16)8-10(15)9-12(13)17;/h8-9,21H,3-7H2,1-2H3,(H2,18,19,20);1H. The first-order valence-electron chi connectivity index (χ1n) is 7.47. The lowest BCUT2D eigenvalue weighted by Crippen LogP contribution is -2.40. The van der Waals surface area contributed by atoms with Crippen LogP contribution in [0.5, 0.6) is 5.75 Å². The number of benzene rings is 1. The van der Waals surface area contributed by atoms with Gasteiger partial charge in [0.2, 0.25) is 10.0 Å². The van der Waals surface area contributed by atoms with Crippen molar-refractivity contribution in [3.63, 3.8) is 0 Å². The number of halogens is 4. The Bertz CT molecular complexity index is 682. The van der Waals surface area contributed by atoms with E-state index in [-0.39, 0.29) is 30.5 Å². The van der Waals surface area contributed by atoms with Crippen molar-refractivity contribution in [2.45, 2.75) is 6.92 Å². The number of nitrogens with one attached hydrogen (secondary N) is 3. The van der Waals surface area contributed by atoms with Crippen LogP contribution in [0.4, 0.5) is 0 Å². The third-order valence-electron chi connectivity index (χ3n) is 2.69. The summed E-state index contributed by atoms with van der Waals surface area (Å²) in [6.07, 6.45) is 1.10. The lowest BCUT2D eigenvalue weighted by molar-refractivity contribution is 0.322. The first-order chi connectivity index (χ1) is 11.7. The molecule has 0 aliphatic heterocycles. The van der Waals surface area contributed by atoms with Crippen LogP contribution in [0.15, 0.2) is 17.1 Å². The number of rotatable bonds is 9. The molecule has 0 radical (unpaired) electrons. The van der Waals surface area contributed by atoms with Gasteiger partial charge in [-0.1, -0.05) is 34.8 Å². The molecule has 0 atom stereocenters. The Morgan fingerprint density at radius 2 is 1.77 bits per heavy atom. The Kier molecular flexibility index (Phi) is 13.0. The van der Waals surface area contributed by atoms with Crippen molar-refractivity contribution in [2.24, 2.45) is 4.99 Å². The van der Waals surface area contributed by atoms with Gasteiger partial charge < -0.3 is 15.4 Å². The van der Waals surface area contributed by atoms with Crippen LogP contribution in [0.1, 0.15) is 6.92 Å². The summed E-state index contributed by atoms with van der Waals surface area (Å²) in [7, 11) is -3.21. The van der Waals surface area contributed by atoms with Crippen molar-refractivity contribution >= 4 is 74.8 Å². The molecule has 1 aromatic rings. The van der Waals surface area contributed by atoms with E-state index < -0.39 is 10.0 Å². The van der Waals surface area contributed by atoms with E-state index in [0.717, 1.165) is 6.26 Å². The van der Waals surface area contributed by atoms with Crippen LogP contribution in [-0.2, 0) is 10.0 Å². The Labute approximate surface area is 186 Å². The summed E-state index contributed by atoms with van der Waals surface area (Å²) in [6.45, 7) is 3.87. The number of aliphatic imine (C=N–C) groups is 1. The van der Waals surface area contributed by atoms with E-state index in [1.54, 1.807) is 12.1 Å². The Hall–Kier alpha value is -0.200. The highest BCUT2D eigenvalue weighted by molar-refractivity contribution is 14.0. The normalized spacial score (nSPS) is 11.7. The Morgan fingerprint density at radius 3 is 2.31 bits per heavy atom. The third-order valence-corrected chi connectivity index (χ3v) is 4.20. The van der Waals surface area contributed by atoms with Gasteiger partial charge in [0.1, 0.15) is 6.61 Å². The molecule has 0 saturated heterocycles. The van der Waals surface area contributed by atoms with Crippen molar-refractivity contribution in [3.8, 4) is 5.75 Å². The van der Waals surface area contributed by atoms with Crippen LogP contribution in [0, 0.1) is 0 Å². The van der Waals surface area contributed by atoms with Gasteiger partial charge in [-0.3, -0.25) is 4.99 Å². The summed E-state index contributed by atoms with van der Waals surface area (Å²) in [4.78, 5) is 4.25. The molecule has 0 bridgehead atoms. The molecule has 0 fully saturated rings. The minimum Gasteiger partial charge on any atom is -0.489 e. The van der Waals surface area contributed by atoms with E-state index in [4.69, 9.17) is 39.5 Å². The summed E-state index contributed by atoms with van der Waals surface area (Å²) in [6, 6.07) is 3.11. The van der Waals surface area contributed by atoms with Crippen LogP contribution < -0.4 is 20.1 Å². The number of nitrogens with zero attached hydrogens (tertiary/aromatic N) is 1. The van der Waals surface area contributed by atoms with Gasteiger partial charge in [0.15, 0.2) is 11.7 Å². The molecule has 7 nitrogen and oxygen atoms in total. The first kappa shape index (κ1) is 25.8. The van der Waals surface area contributed by atoms with E-state index >= 15 is 0 Å². The number of hydrogen-bond donors (Lipinski definition) is 3. The molecule has 0 spiro atoms. The summed E-state index contributed by atoms with van der Waals surface area (Å²) < 4.78 is 29.9. The lowest BCUT2D eigenvalue weighted by Gasteiger charge is -2.13. The zero-order chi connectivity index (χ0) is 18.9. The van der Waals surface area contributed by atoms with Gasteiger partial charge >= 0.3 is 0 Å². The van der Waals surface area contributed by atoms with E-state index in [0.29, 0.717) is 53.0 Å². The van der Waals surface area contributed by atoms with Gasteiger partial charge in [-0.15, -0.1) is 24.0 Å².